The lowest BCUT2D eigenvalue weighted by Crippen LogP contribution is -2.47. The third-order valence-corrected chi connectivity index (χ3v) is 7.60. The van der Waals surface area contributed by atoms with Gasteiger partial charge in [-0.3, -0.25) is 19.3 Å². The summed E-state index contributed by atoms with van der Waals surface area (Å²) in [5.41, 5.74) is 0.883. The fourth-order valence-electron chi connectivity index (χ4n) is 5.29. The fraction of sp³-hybridized carbons (Fsp3) is 0.367. The molecule has 4 heterocycles. The van der Waals surface area contributed by atoms with E-state index in [1.165, 1.54) is 21.8 Å². The largest absolute Gasteiger partial charge is 0.464 e. The van der Waals surface area contributed by atoms with Gasteiger partial charge < -0.3 is 23.2 Å². The highest BCUT2D eigenvalue weighted by atomic mass is 19.4. The Labute approximate surface area is 239 Å². The molecule has 0 unspecified atom stereocenters. The molecule has 3 aromatic heterocycles. The average Bonchev–Trinajstić information content (AvgIpc) is 3.62. The molecule has 12 heteroatoms. The monoisotopic (exact) mass is 584 g/mol. The second-order valence-electron chi connectivity index (χ2n) is 10.8. The minimum Gasteiger partial charge on any atom is -0.464 e. The molecule has 0 radical (unpaired) electrons. The van der Waals surface area contributed by atoms with E-state index in [4.69, 9.17) is 8.83 Å². The highest BCUT2D eigenvalue weighted by Crippen LogP contribution is 2.39. The van der Waals surface area contributed by atoms with Gasteiger partial charge in [0.05, 0.1) is 29.6 Å². The van der Waals surface area contributed by atoms with E-state index < -0.39 is 17.4 Å². The first-order chi connectivity index (χ1) is 19.8. The van der Waals surface area contributed by atoms with Gasteiger partial charge >= 0.3 is 6.18 Å². The smallest absolute Gasteiger partial charge is 0.449 e. The first-order valence-corrected chi connectivity index (χ1v) is 13.5. The van der Waals surface area contributed by atoms with Gasteiger partial charge in [-0.1, -0.05) is 6.07 Å². The van der Waals surface area contributed by atoms with Crippen molar-refractivity contribution in [2.75, 3.05) is 29.9 Å². The van der Waals surface area contributed by atoms with E-state index in [1.54, 1.807) is 50.2 Å². The van der Waals surface area contributed by atoms with E-state index >= 15 is 0 Å². The SMILES string of the molecule is CCN1C(=O)C(C)(C)C(=O)N(C)c2cc(CN(CCn3ccc4occc4c3=O)Cc3ccc(C(F)(F)F)o3)ccc21. The molecule has 0 spiro atoms. The fourth-order valence-corrected chi connectivity index (χ4v) is 5.29. The topological polar surface area (TPSA) is 92.1 Å². The van der Waals surface area contributed by atoms with Crippen LogP contribution in [0.3, 0.4) is 0 Å². The lowest BCUT2D eigenvalue weighted by molar-refractivity contribution is -0.153. The second-order valence-corrected chi connectivity index (χ2v) is 10.8. The van der Waals surface area contributed by atoms with Crippen LogP contribution in [0.2, 0.25) is 0 Å². The van der Waals surface area contributed by atoms with Gasteiger partial charge in [0.1, 0.15) is 16.8 Å². The van der Waals surface area contributed by atoms with Gasteiger partial charge in [0, 0.05) is 39.4 Å². The molecule has 0 saturated heterocycles. The van der Waals surface area contributed by atoms with Crippen molar-refractivity contribution in [2.24, 2.45) is 5.41 Å². The summed E-state index contributed by atoms with van der Waals surface area (Å²) in [7, 11) is 1.62. The van der Waals surface area contributed by atoms with Crippen molar-refractivity contribution in [3.63, 3.8) is 0 Å². The predicted octanol–water partition coefficient (Wildman–Crippen LogP) is 5.26. The average molecular weight is 585 g/mol. The number of hydrogen-bond donors (Lipinski definition) is 0. The van der Waals surface area contributed by atoms with E-state index in [0.717, 1.165) is 11.6 Å². The summed E-state index contributed by atoms with van der Waals surface area (Å²) in [5.74, 6) is -1.61. The molecule has 1 aromatic carbocycles. The number of alkyl halides is 3. The van der Waals surface area contributed by atoms with Gasteiger partial charge in [-0.05, 0) is 62.7 Å². The summed E-state index contributed by atoms with van der Waals surface area (Å²) in [5, 5.41) is 0.432. The van der Waals surface area contributed by atoms with Crippen molar-refractivity contribution in [1.29, 1.82) is 0 Å². The first kappa shape index (κ1) is 29.2. The number of carbonyl (C=O) groups excluding carboxylic acids is 2. The van der Waals surface area contributed by atoms with Crippen molar-refractivity contribution in [3.8, 4) is 0 Å². The molecule has 0 fully saturated rings. The van der Waals surface area contributed by atoms with Gasteiger partial charge in [-0.15, -0.1) is 0 Å². The molecular formula is C30H31F3N4O5. The summed E-state index contributed by atoms with van der Waals surface area (Å²) in [4.78, 5) is 44.3. The number of furan rings is 2. The van der Waals surface area contributed by atoms with Crippen molar-refractivity contribution >= 4 is 34.2 Å². The Morgan fingerprint density at radius 3 is 2.40 bits per heavy atom. The van der Waals surface area contributed by atoms with E-state index in [1.807, 2.05) is 24.0 Å². The number of benzene rings is 1. The summed E-state index contributed by atoms with van der Waals surface area (Å²) >= 11 is 0. The van der Waals surface area contributed by atoms with Gasteiger partial charge in [-0.25, -0.2) is 0 Å². The molecule has 42 heavy (non-hydrogen) atoms. The number of carbonyl (C=O) groups is 2. The molecule has 222 valence electrons. The van der Waals surface area contributed by atoms with Crippen LogP contribution >= 0.6 is 0 Å². The van der Waals surface area contributed by atoms with E-state index in [2.05, 4.69) is 0 Å². The molecule has 0 saturated carbocycles. The molecule has 9 nitrogen and oxygen atoms in total. The minimum atomic E-state index is -4.61. The van der Waals surface area contributed by atoms with E-state index in [-0.39, 0.29) is 42.8 Å². The molecule has 2 amide bonds. The van der Waals surface area contributed by atoms with Crippen LogP contribution in [0.1, 0.15) is 37.9 Å². The van der Waals surface area contributed by atoms with Crippen LogP contribution in [0.4, 0.5) is 24.5 Å². The number of anilines is 2. The van der Waals surface area contributed by atoms with Crippen LogP contribution < -0.4 is 15.4 Å². The zero-order valence-corrected chi connectivity index (χ0v) is 23.7. The van der Waals surface area contributed by atoms with E-state index in [0.29, 0.717) is 35.4 Å². The number of hydrogen-bond acceptors (Lipinski definition) is 6. The standard InChI is InChI=1S/C30H31F3N4O5/c1-5-37-22-8-6-19(16-23(22)34(4)27(39)29(2,3)28(37)40)17-35(18-20-7-9-25(42-20)30(31,32)33)13-14-36-12-10-24-21(26(36)38)11-15-41-24/h6-12,15-16H,5,13-14,17-18H2,1-4H3. The Morgan fingerprint density at radius 2 is 1.71 bits per heavy atom. The zero-order chi connectivity index (χ0) is 30.4. The van der Waals surface area contributed by atoms with Crippen LogP contribution in [0.25, 0.3) is 11.0 Å². The van der Waals surface area contributed by atoms with Gasteiger partial charge in [0.2, 0.25) is 17.6 Å². The maximum absolute atomic E-state index is 13.2. The summed E-state index contributed by atoms with van der Waals surface area (Å²) < 4.78 is 51.5. The molecular weight excluding hydrogens is 553 g/mol. The third kappa shape index (κ3) is 5.34. The van der Waals surface area contributed by atoms with Crippen LogP contribution in [-0.4, -0.2) is 41.4 Å². The van der Waals surface area contributed by atoms with Gasteiger partial charge in [0.15, 0.2) is 0 Å². The molecule has 0 aliphatic carbocycles. The van der Waals surface area contributed by atoms with Crippen molar-refractivity contribution < 1.29 is 31.6 Å². The Hall–Kier alpha value is -4.32. The summed E-state index contributed by atoms with van der Waals surface area (Å²) in [6.45, 7) is 6.27. The number of aromatic nitrogens is 1. The Balaban J connectivity index is 1.46. The molecule has 0 bridgehead atoms. The van der Waals surface area contributed by atoms with Gasteiger partial charge in [0.25, 0.3) is 5.56 Å². The lowest BCUT2D eigenvalue weighted by atomic mass is 9.90. The molecule has 4 aromatic rings. The molecule has 1 aliphatic rings. The number of amides is 2. The number of rotatable bonds is 8. The summed E-state index contributed by atoms with van der Waals surface area (Å²) in [6, 6.07) is 10.9. The highest BCUT2D eigenvalue weighted by Gasteiger charge is 2.45. The normalized spacial score (nSPS) is 15.5. The predicted molar refractivity (Wildman–Crippen MR) is 150 cm³/mol. The second kappa shape index (κ2) is 10.8. The molecule has 1 aliphatic heterocycles. The third-order valence-electron chi connectivity index (χ3n) is 7.60. The van der Waals surface area contributed by atoms with Crippen molar-refractivity contribution in [3.05, 3.63) is 82.4 Å². The first-order valence-electron chi connectivity index (χ1n) is 13.5. The molecule has 0 atom stereocenters. The van der Waals surface area contributed by atoms with Crippen LogP contribution in [-0.2, 0) is 35.4 Å². The van der Waals surface area contributed by atoms with Crippen LogP contribution in [0.15, 0.2) is 68.6 Å². The maximum atomic E-state index is 13.2. The number of halogens is 3. The van der Waals surface area contributed by atoms with Crippen molar-refractivity contribution in [1.82, 2.24) is 9.47 Å². The van der Waals surface area contributed by atoms with E-state index in [9.17, 15) is 27.6 Å². The number of pyridine rings is 1. The van der Waals surface area contributed by atoms with Crippen LogP contribution in [0, 0.1) is 5.41 Å². The zero-order valence-electron chi connectivity index (χ0n) is 23.7. The summed E-state index contributed by atoms with van der Waals surface area (Å²) in [6.07, 6.45) is -1.56. The minimum absolute atomic E-state index is 0.0389. The maximum Gasteiger partial charge on any atom is 0.449 e. The van der Waals surface area contributed by atoms with Crippen LogP contribution in [0.5, 0.6) is 0 Å². The Morgan fingerprint density at radius 1 is 0.952 bits per heavy atom. The Kier molecular flexibility index (Phi) is 7.52. The Bertz CT molecular complexity index is 1700. The molecule has 5 rings (SSSR count). The highest BCUT2D eigenvalue weighted by molar-refractivity contribution is 6.19. The quantitative estimate of drug-likeness (QED) is 0.262. The van der Waals surface area contributed by atoms with Gasteiger partial charge in [-0.2, -0.15) is 13.2 Å². The lowest BCUT2D eigenvalue weighted by Gasteiger charge is -2.27. The van der Waals surface area contributed by atoms with Crippen molar-refractivity contribution in [2.45, 2.75) is 46.6 Å². The number of nitrogens with zero attached hydrogens (tertiary/aromatic N) is 4. The molecule has 0 N–H and O–H groups in total. The number of fused-ring (bicyclic) bond motifs is 2.